The Balaban J connectivity index is 4.41. The van der Waals surface area contributed by atoms with E-state index in [1.165, 1.54) is 25.0 Å². The highest BCUT2D eigenvalue weighted by Gasteiger charge is 2.24. The van der Waals surface area contributed by atoms with Crippen molar-refractivity contribution in [2.24, 2.45) is 11.7 Å². The summed E-state index contributed by atoms with van der Waals surface area (Å²) in [7, 11) is 2.24. The number of likely N-dealkylation sites (N-methyl/N-ethyl adjacent to an activating group) is 1. The van der Waals surface area contributed by atoms with E-state index in [0.717, 1.165) is 6.54 Å². The summed E-state index contributed by atoms with van der Waals surface area (Å²) in [5, 5.41) is 0. The SMILES string of the molecule is CCCC(C)C(CN)N(C)C(CC)CSC. The van der Waals surface area contributed by atoms with Crippen LogP contribution in [0, 0.1) is 5.92 Å². The second-order valence-electron chi connectivity index (χ2n) is 4.75. The molecular weight excluding hydrogens is 216 g/mol. The van der Waals surface area contributed by atoms with Crippen molar-refractivity contribution in [2.75, 3.05) is 25.6 Å². The molecule has 0 aromatic heterocycles. The van der Waals surface area contributed by atoms with Gasteiger partial charge in [-0.2, -0.15) is 11.8 Å². The van der Waals surface area contributed by atoms with E-state index in [9.17, 15) is 0 Å². The van der Waals surface area contributed by atoms with Gasteiger partial charge in [-0.05, 0) is 32.1 Å². The van der Waals surface area contributed by atoms with Gasteiger partial charge in [-0.1, -0.05) is 27.2 Å². The fourth-order valence-corrected chi connectivity index (χ4v) is 3.29. The van der Waals surface area contributed by atoms with Gasteiger partial charge in [-0.15, -0.1) is 0 Å². The van der Waals surface area contributed by atoms with Crippen molar-refractivity contribution in [2.45, 2.75) is 52.1 Å². The minimum Gasteiger partial charge on any atom is -0.329 e. The summed E-state index contributed by atoms with van der Waals surface area (Å²) in [6.45, 7) is 7.64. The number of thioether (sulfide) groups is 1. The highest BCUT2D eigenvalue weighted by molar-refractivity contribution is 7.98. The van der Waals surface area contributed by atoms with E-state index in [4.69, 9.17) is 5.73 Å². The standard InChI is InChI=1S/C13H30N2S/c1-6-8-11(3)13(9-14)15(4)12(7-2)10-16-5/h11-13H,6-10,14H2,1-5H3. The van der Waals surface area contributed by atoms with E-state index in [0.29, 0.717) is 18.0 Å². The van der Waals surface area contributed by atoms with E-state index in [-0.39, 0.29) is 0 Å². The molecule has 0 rings (SSSR count). The molecule has 0 aliphatic rings. The van der Waals surface area contributed by atoms with Crippen LogP contribution in [0.5, 0.6) is 0 Å². The molecule has 98 valence electrons. The maximum Gasteiger partial charge on any atom is 0.0244 e. The predicted molar refractivity (Wildman–Crippen MR) is 77.1 cm³/mol. The quantitative estimate of drug-likeness (QED) is 0.678. The van der Waals surface area contributed by atoms with E-state index in [1.807, 2.05) is 11.8 Å². The van der Waals surface area contributed by atoms with Crippen LogP contribution in [0.4, 0.5) is 0 Å². The van der Waals surface area contributed by atoms with E-state index in [2.05, 4.69) is 39.0 Å². The molecule has 0 aliphatic heterocycles. The summed E-state index contributed by atoms with van der Waals surface area (Å²) >= 11 is 1.93. The molecule has 0 aliphatic carbocycles. The number of rotatable bonds is 9. The molecule has 0 saturated carbocycles. The summed E-state index contributed by atoms with van der Waals surface area (Å²) in [5.41, 5.74) is 5.95. The number of hydrogen-bond acceptors (Lipinski definition) is 3. The van der Waals surface area contributed by atoms with Crippen LogP contribution in [0.15, 0.2) is 0 Å². The second kappa shape index (κ2) is 9.32. The zero-order valence-corrected chi connectivity index (χ0v) is 12.5. The first-order valence-corrected chi connectivity index (χ1v) is 7.92. The lowest BCUT2D eigenvalue weighted by Crippen LogP contribution is -2.48. The Bertz CT molecular complexity index is 164. The molecule has 0 amide bonds. The maximum absolute atomic E-state index is 5.95. The monoisotopic (exact) mass is 246 g/mol. The topological polar surface area (TPSA) is 29.3 Å². The maximum atomic E-state index is 5.95. The highest BCUT2D eigenvalue weighted by atomic mass is 32.2. The Kier molecular flexibility index (Phi) is 9.47. The number of hydrogen-bond donors (Lipinski definition) is 1. The molecule has 3 heteroatoms. The molecule has 0 saturated heterocycles. The largest absolute Gasteiger partial charge is 0.329 e. The predicted octanol–water partition coefficient (Wildman–Crippen LogP) is 2.82. The van der Waals surface area contributed by atoms with Crippen LogP contribution >= 0.6 is 11.8 Å². The van der Waals surface area contributed by atoms with Crippen LogP contribution < -0.4 is 5.73 Å². The lowest BCUT2D eigenvalue weighted by Gasteiger charge is -2.37. The van der Waals surface area contributed by atoms with Crippen LogP contribution in [0.2, 0.25) is 0 Å². The van der Waals surface area contributed by atoms with Gasteiger partial charge >= 0.3 is 0 Å². The average Bonchev–Trinajstić information content (AvgIpc) is 2.27. The fraction of sp³-hybridized carbons (Fsp3) is 1.00. The lowest BCUT2D eigenvalue weighted by atomic mass is 9.94. The summed E-state index contributed by atoms with van der Waals surface area (Å²) in [4.78, 5) is 2.51. The van der Waals surface area contributed by atoms with Gasteiger partial charge in [0.15, 0.2) is 0 Å². The molecule has 0 fully saturated rings. The van der Waals surface area contributed by atoms with Gasteiger partial charge in [0.05, 0.1) is 0 Å². The molecule has 2 N–H and O–H groups in total. The molecule has 0 spiro atoms. The van der Waals surface area contributed by atoms with Crippen LogP contribution in [0.1, 0.15) is 40.0 Å². The van der Waals surface area contributed by atoms with Crippen molar-refractivity contribution in [1.82, 2.24) is 4.90 Å². The molecular formula is C13H30N2S. The summed E-state index contributed by atoms with van der Waals surface area (Å²) in [6, 6.07) is 1.21. The van der Waals surface area contributed by atoms with Crippen molar-refractivity contribution in [3.05, 3.63) is 0 Å². The van der Waals surface area contributed by atoms with Crippen molar-refractivity contribution >= 4 is 11.8 Å². The molecule has 0 bridgehead atoms. The van der Waals surface area contributed by atoms with Gasteiger partial charge in [-0.25, -0.2) is 0 Å². The number of nitrogens with two attached hydrogens (primary N) is 1. The van der Waals surface area contributed by atoms with Crippen LogP contribution in [-0.2, 0) is 0 Å². The lowest BCUT2D eigenvalue weighted by molar-refractivity contribution is 0.137. The zero-order valence-electron chi connectivity index (χ0n) is 11.7. The molecule has 3 unspecified atom stereocenters. The van der Waals surface area contributed by atoms with Gasteiger partial charge < -0.3 is 5.73 Å². The highest BCUT2D eigenvalue weighted by Crippen LogP contribution is 2.19. The van der Waals surface area contributed by atoms with Gasteiger partial charge in [-0.3, -0.25) is 4.90 Å². The Labute approximate surface area is 106 Å². The Morgan fingerprint density at radius 2 is 1.94 bits per heavy atom. The Morgan fingerprint density at radius 1 is 1.31 bits per heavy atom. The summed E-state index contributed by atoms with van der Waals surface area (Å²) in [5.74, 6) is 1.92. The average molecular weight is 246 g/mol. The Hall–Kier alpha value is 0.270. The van der Waals surface area contributed by atoms with Crippen molar-refractivity contribution in [3.8, 4) is 0 Å². The van der Waals surface area contributed by atoms with Crippen molar-refractivity contribution in [1.29, 1.82) is 0 Å². The number of nitrogens with zero attached hydrogens (tertiary/aromatic N) is 1. The zero-order chi connectivity index (χ0) is 12.6. The third-order valence-corrected chi connectivity index (χ3v) is 4.29. The first kappa shape index (κ1) is 16.3. The minimum absolute atomic E-state index is 0.539. The molecule has 2 nitrogen and oxygen atoms in total. The first-order valence-electron chi connectivity index (χ1n) is 6.53. The molecule has 0 heterocycles. The summed E-state index contributed by atoms with van der Waals surface area (Å²) < 4.78 is 0. The van der Waals surface area contributed by atoms with E-state index in [1.54, 1.807) is 0 Å². The Morgan fingerprint density at radius 3 is 2.31 bits per heavy atom. The second-order valence-corrected chi connectivity index (χ2v) is 5.66. The normalized spacial score (nSPS) is 17.4. The van der Waals surface area contributed by atoms with Crippen LogP contribution in [-0.4, -0.2) is 42.6 Å². The van der Waals surface area contributed by atoms with E-state index < -0.39 is 0 Å². The summed E-state index contributed by atoms with van der Waals surface area (Å²) in [6.07, 6.45) is 5.93. The fourth-order valence-electron chi connectivity index (χ4n) is 2.43. The van der Waals surface area contributed by atoms with Gasteiger partial charge in [0.25, 0.3) is 0 Å². The van der Waals surface area contributed by atoms with Crippen molar-refractivity contribution < 1.29 is 0 Å². The first-order chi connectivity index (χ1) is 7.62. The minimum atomic E-state index is 0.539. The van der Waals surface area contributed by atoms with Gasteiger partial charge in [0.2, 0.25) is 0 Å². The third-order valence-electron chi connectivity index (χ3n) is 3.57. The van der Waals surface area contributed by atoms with Crippen LogP contribution in [0.25, 0.3) is 0 Å². The van der Waals surface area contributed by atoms with E-state index >= 15 is 0 Å². The van der Waals surface area contributed by atoms with Crippen LogP contribution in [0.3, 0.4) is 0 Å². The van der Waals surface area contributed by atoms with Gasteiger partial charge in [0.1, 0.15) is 0 Å². The molecule has 16 heavy (non-hydrogen) atoms. The molecule has 0 aromatic rings. The smallest absolute Gasteiger partial charge is 0.0244 e. The molecule has 0 aromatic carbocycles. The molecule has 0 radical (unpaired) electrons. The van der Waals surface area contributed by atoms with Gasteiger partial charge in [0, 0.05) is 24.4 Å². The van der Waals surface area contributed by atoms with Crippen molar-refractivity contribution in [3.63, 3.8) is 0 Å². The third kappa shape index (κ3) is 5.07. The molecule has 3 atom stereocenters.